The number of amides is 1. The molecule has 0 aromatic carbocycles. The molecule has 1 aromatic rings. The van der Waals surface area contributed by atoms with Crippen LogP contribution in [-0.2, 0) is 4.79 Å². The van der Waals surface area contributed by atoms with E-state index in [0.717, 1.165) is 24.3 Å². The van der Waals surface area contributed by atoms with Crippen LogP contribution in [0, 0.1) is 5.92 Å². The van der Waals surface area contributed by atoms with Crippen LogP contribution in [0.3, 0.4) is 0 Å². The van der Waals surface area contributed by atoms with Gasteiger partial charge < -0.3 is 11.1 Å². The lowest BCUT2D eigenvalue weighted by atomic mass is 10.1. The smallest absolute Gasteiger partial charge is 0.229 e. The van der Waals surface area contributed by atoms with E-state index in [1.54, 1.807) is 0 Å². The number of aromatic nitrogens is 2. The zero-order chi connectivity index (χ0) is 12.4. The van der Waals surface area contributed by atoms with E-state index in [-0.39, 0.29) is 17.9 Å². The van der Waals surface area contributed by atoms with Gasteiger partial charge in [-0.3, -0.25) is 4.79 Å². The van der Waals surface area contributed by atoms with Crippen molar-refractivity contribution in [3.05, 3.63) is 5.01 Å². The molecule has 1 aromatic heterocycles. The van der Waals surface area contributed by atoms with E-state index in [1.165, 1.54) is 11.3 Å². The molecule has 17 heavy (non-hydrogen) atoms. The van der Waals surface area contributed by atoms with Crippen molar-refractivity contribution in [1.29, 1.82) is 0 Å². The maximum Gasteiger partial charge on any atom is 0.229 e. The average Bonchev–Trinajstić information content (AvgIpc) is 2.86. The maximum absolute atomic E-state index is 11.9. The van der Waals surface area contributed by atoms with Gasteiger partial charge in [0.1, 0.15) is 5.01 Å². The molecule has 6 heteroatoms. The molecule has 0 saturated heterocycles. The lowest BCUT2D eigenvalue weighted by Gasteiger charge is -2.07. The molecule has 1 fully saturated rings. The predicted molar refractivity (Wildman–Crippen MR) is 67.9 cm³/mol. The van der Waals surface area contributed by atoms with Gasteiger partial charge in [-0.1, -0.05) is 25.2 Å². The summed E-state index contributed by atoms with van der Waals surface area (Å²) >= 11 is 1.44. The SMILES string of the molecule is CC(C)c1nnc(NC(=O)C2CCC(N)C2)s1. The number of carbonyl (C=O) groups is 1. The third-order valence-electron chi connectivity index (χ3n) is 3.01. The minimum absolute atomic E-state index is 0.0319. The van der Waals surface area contributed by atoms with Crippen LogP contribution >= 0.6 is 11.3 Å². The third-order valence-corrected chi connectivity index (χ3v) is 4.15. The fourth-order valence-electron chi connectivity index (χ4n) is 1.98. The van der Waals surface area contributed by atoms with Crippen molar-refractivity contribution in [3.8, 4) is 0 Å². The minimum Gasteiger partial charge on any atom is -0.328 e. The summed E-state index contributed by atoms with van der Waals surface area (Å²) in [5.41, 5.74) is 5.79. The highest BCUT2D eigenvalue weighted by Crippen LogP contribution is 2.27. The standard InChI is InChI=1S/C11H18N4OS/c1-6(2)10-14-15-11(17-10)13-9(16)7-3-4-8(12)5-7/h6-8H,3-5,12H2,1-2H3,(H,13,15,16). The zero-order valence-corrected chi connectivity index (χ0v) is 11.0. The summed E-state index contributed by atoms with van der Waals surface area (Å²) in [6.07, 6.45) is 2.59. The van der Waals surface area contributed by atoms with Crippen molar-refractivity contribution in [2.24, 2.45) is 11.7 Å². The molecule has 94 valence electrons. The van der Waals surface area contributed by atoms with Crippen LogP contribution < -0.4 is 11.1 Å². The van der Waals surface area contributed by atoms with E-state index in [4.69, 9.17) is 5.73 Å². The van der Waals surface area contributed by atoms with E-state index in [9.17, 15) is 4.79 Å². The van der Waals surface area contributed by atoms with Crippen LogP contribution in [0.5, 0.6) is 0 Å². The van der Waals surface area contributed by atoms with Crippen LogP contribution in [0.1, 0.15) is 44.0 Å². The third kappa shape index (κ3) is 3.01. The van der Waals surface area contributed by atoms with E-state index >= 15 is 0 Å². The molecule has 1 aliphatic rings. The van der Waals surface area contributed by atoms with Crippen molar-refractivity contribution in [2.75, 3.05) is 5.32 Å². The summed E-state index contributed by atoms with van der Waals surface area (Å²) < 4.78 is 0. The summed E-state index contributed by atoms with van der Waals surface area (Å²) in [4.78, 5) is 11.9. The molecule has 3 N–H and O–H groups in total. The number of nitrogens with two attached hydrogens (primary N) is 1. The van der Waals surface area contributed by atoms with Gasteiger partial charge in [-0.2, -0.15) is 0 Å². The Bertz CT molecular complexity index is 404. The van der Waals surface area contributed by atoms with Gasteiger partial charge in [0, 0.05) is 17.9 Å². The molecule has 1 saturated carbocycles. The van der Waals surface area contributed by atoms with Crippen LogP contribution in [0.15, 0.2) is 0 Å². The molecule has 1 amide bonds. The second kappa shape index (κ2) is 5.10. The van der Waals surface area contributed by atoms with Gasteiger partial charge in [0.05, 0.1) is 0 Å². The second-order valence-corrected chi connectivity index (χ2v) is 5.87. The van der Waals surface area contributed by atoms with E-state index in [2.05, 4.69) is 29.4 Å². The monoisotopic (exact) mass is 254 g/mol. The normalized spacial score (nSPS) is 24.2. The largest absolute Gasteiger partial charge is 0.328 e. The predicted octanol–water partition coefficient (Wildman–Crippen LogP) is 1.73. The number of nitrogens with one attached hydrogen (secondary N) is 1. The number of carbonyl (C=O) groups excluding carboxylic acids is 1. The van der Waals surface area contributed by atoms with Crippen LogP contribution in [0.25, 0.3) is 0 Å². The highest BCUT2D eigenvalue weighted by Gasteiger charge is 2.28. The average molecular weight is 254 g/mol. The highest BCUT2D eigenvalue weighted by atomic mass is 32.1. The molecule has 0 bridgehead atoms. The van der Waals surface area contributed by atoms with Crippen LogP contribution in [-0.4, -0.2) is 22.1 Å². The Labute approximate surface area is 105 Å². The molecule has 0 spiro atoms. The van der Waals surface area contributed by atoms with Crippen molar-refractivity contribution >= 4 is 22.4 Å². The first-order chi connectivity index (χ1) is 8.06. The quantitative estimate of drug-likeness (QED) is 0.860. The molecule has 2 atom stereocenters. The number of anilines is 1. The Morgan fingerprint density at radius 1 is 1.47 bits per heavy atom. The van der Waals surface area contributed by atoms with Crippen molar-refractivity contribution in [2.45, 2.75) is 45.1 Å². The molecular weight excluding hydrogens is 236 g/mol. The molecule has 2 rings (SSSR count). The van der Waals surface area contributed by atoms with Crippen molar-refractivity contribution in [1.82, 2.24) is 10.2 Å². The Kier molecular flexibility index (Phi) is 3.73. The Hall–Kier alpha value is -1.01. The summed E-state index contributed by atoms with van der Waals surface area (Å²) in [7, 11) is 0. The molecule has 2 unspecified atom stereocenters. The van der Waals surface area contributed by atoms with E-state index in [0.29, 0.717) is 11.0 Å². The molecule has 5 nitrogen and oxygen atoms in total. The molecule has 1 aliphatic carbocycles. The van der Waals surface area contributed by atoms with Crippen LogP contribution in [0.2, 0.25) is 0 Å². The number of hydrogen-bond acceptors (Lipinski definition) is 5. The number of rotatable bonds is 3. The fourth-order valence-corrected chi connectivity index (χ4v) is 2.73. The van der Waals surface area contributed by atoms with Gasteiger partial charge in [0.2, 0.25) is 11.0 Å². The van der Waals surface area contributed by atoms with Gasteiger partial charge >= 0.3 is 0 Å². The summed E-state index contributed by atoms with van der Waals surface area (Å²) in [6, 6.07) is 0.173. The summed E-state index contributed by atoms with van der Waals surface area (Å²) in [6.45, 7) is 4.12. The molecule has 0 aliphatic heterocycles. The molecular formula is C11H18N4OS. The Morgan fingerprint density at radius 3 is 2.76 bits per heavy atom. The zero-order valence-electron chi connectivity index (χ0n) is 10.1. The first-order valence-corrected chi connectivity index (χ1v) is 6.77. The van der Waals surface area contributed by atoms with Crippen LogP contribution in [0.4, 0.5) is 5.13 Å². The molecule has 0 radical (unpaired) electrons. The van der Waals surface area contributed by atoms with Gasteiger partial charge in [0.25, 0.3) is 0 Å². The van der Waals surface area contributed by atoms with E-state index < -0.39 is 0 Å². The second-order valence-electron chi connectivity index (χ2n) is 4.86. The lowest BCUT2D eigenvalue weighted by Crippen LogP contribution is -2.23. The van der Waals surface area contributed by atoms with E-state index in [1.807, 2.05) is 0 Å². The Morgan fingerprint density at radius 2 is 2.24 bits per heavy atom. The summed E-state index contributed by atoms with van der Waals surface area (Å²) in [5, 5.41) is 12.4. The van der Waals surface area contributed by atoms with Crippen molar-refractivity contribution in [3.63, 3.8) is 0 Å². The first-order valence-electron chi connectivity index (χ1n) is 5.96. The maximum atomic E-state index is 11.9. The number of hydrogen-bond donors (Lipinski definition) is 2. The van der Waals surface area contributed by atoms with Gasteiger partial charge in [-0.15, -0.1) is 10.2 Å². The van der Waals surface area contributed by atoms with Gasteiger partial charge in [-0.05, 0) is 19.3 Å². The minimum atomic E-state index is 0.0319. The van der Waals surface area contributed by atoms with Crippen molar-refractivity contribution < 1.29 is 4.79 Å². The number of nitrogens with zero attached hydrogens (tertiary/aromatic N) is 2. The first kappa shape index (κ1) is 12.4. The summed E-state index contributed by atoms with van der Waals surface area (Å²) in [5.74, 6) is 0.416. The Balaban J connectivity index is 1.93. The lowest BCUT2D eigenvalue weighted by molar-refractivity contribution is -0.119. The highest BCUT2D eigenvalue weighted by molar-refractivity contribution is 7.15. The fraction of sp³-hybridized carbons (Fsp3) is 0.727. The van der Waals surface area contributed by atoms with Gasteiger partial charge in [-0.25, -0.2) is 0 Å². The molecule has 1 heterocycles. The van der Waals surface area contributed by atoms with Gasteiger partial charge in [0.15, 0.2) is 0 Å². The topological polar surface area (TPSA) is 80.9 Å².